The molecule has 1 fully saturated rings. The summed E-state index contributed by atoms with van der Waals surface area (Å²) in [4.78, 5) is 0. The molecule has 0 bridgehead atoms. The number of hydrogen-bond donors (Lipinski definition) is 2. The van der Waals surface area contributed by atoms with Crippen molar-refractivity contribution in [3.8, 4) is 0 Å². The highest BCUT2D eigenvalue weighted by molar-refractivity contribution is 5.03. The number of hydrogen-bond acceptors (Lipinski definition) is 2. The minimum atomic E-state index is -0.236. The van der Waals surface area contributed by atoms with E-state index >= 15 is 0 Å². The average Bonchev–Trinajstić information content (AvgIpc) is 2.64. The van der Waals surface area contributed by atoms with Gasteiger partial charge >= 0.3 is 0 Å². The molecule has 1 aliphatic rings. The van der Waals surface area contributed by atoms with Crippen LogP contribution < -0.4 is 5.73 Å². The summed E-state index contributed by atoms with van der Waals surface area (Å²) < 4.78 is 0. The summed E-state index contributed by atoms with van der Waals surface area (Å²) in [6.07, 6.45) is 1.96. The van der Waals surface area contributed by atoms with Crippen LogP contribution in [-0.4, -0.2) is 17.8 Å². The maximum absolute atomic E-state index is 9.90. The van der Waals surface area contributed by atoms with E-state index in [1.54, 1.807) is 0 Å². The van der Waals surface area contributed by atoms with Gasteiger partial charge in [-0.2, -0.15) is 0 Å². The van der Waals surface area contributed by atoms with Gasteiger partial charge < -0.3 is 10.8 Å². The fraction of sp³-hybridized carbons (Fsp3) is 1.00. The molecule has 1 aliphatic carbocycles. The molecule has 1 atom stereocenters. The van der Waals surface area contributed by atoms with Crippen LogP contribution in [0.5, 0.6) is 0 Å². The molecule has 3 N–H and O–H groups in total. The van der Waals surface area contributed by atoms with E-state index < -0.39 is 0 Å². The molecule has 1 rings (SSSR count). The van der Waals surface area contributed by atoms with Crippen molar-refractivity contribution in [1.29, 1.82) is 0 Å². The van der Waals surface area contributed by atoms with Crippen LogP contribution in [-0.2, 0) is 0 Å². The molecule has 11 heavy (non-hydrogen) atoms. The highest BCUT2D eigenvalue weighted by Gasteiger charge is 2.51. The Hall–Kier alpha value is -0.0800. The molecule has 0 radical (unpaired) electrons. The largest absolute Gasteiger partial charge is 0.392 e. The SMILES string of the molecule is CC(C)(C)[C@@H](O)C1(CN)CC1. The molecule has 0 aromatic carbocycles. The van der Waals surface area contributed by atoms with E-state index in [4.69, 9.17) is 5.73 Å². The van der Waals surface area contributed by atoms with Gasteiger partial charge in [0.25, 0.3) is 0 Å². The Kier molecular flexibility index (Phi) is 2.01. The van der Waals surface area contributed by atoms with E-state index in [2.05, 4.69) is 20.8 Å². The molecule has 2 heteroatoms. The molecule has 0 spiro atoms. The molecule has 1 saturated carbocycles. The molecule has 0 amide bonds. The summed E-state index contributed by atoms with van der Waals surface area (Å²) in [6, 6.07) is 0. The Labute approximate surface area is 68.8 Å². The predicted molar refractivity (Wildman–Crippen MR) is 46.2 cm³/mol. The summed E-state index contributed by atoms with van der Waals surface area (Å²) in [5.74, 6) is 0. The van der Waals surface area contributed by atoms with Crippen molar-refractivity contribution in [2.45, 2.75) is 39.7 Å². The molecular formula is C9H19NO. The van der Waals surface area contributed by atoms with Crippen molar-refractivity contribution in [1.82, 2.24) is 0 Å². The Morgan fingerprint density at radius 3 is 2.00 bits per heavy atom. The van der Waals surface area contributed by atoms with E-state index in [9.17, 15) is 5.11 Å². The molecule has 0 saturated heterocycles. The minimum Gasteiger partial charge on any atom is -0.392 e. The van der Waals surface area contributed by atoms with Crippen molar-refractivity contribution in [3.05, 3.63) is 0 Å². The molecule has 0 unspecified atom stereocenters. The Morgan fingerprint density at radius 1 is 1.45 bits per heavy atom. The van der Waals surface area contributed by atoms with Crippen LogP contribution in [0.15, 0.2) is 0 Å². The summed E-state index contributed by atoms with van der Waals surface area (Å²) in [7, 11) is 0. The number of rotatable bonds is 2. The quantitative estimate of drug-likeness (QED) is 0.631. The third kappa shape index (κ3) is 1.57. The van der Waals surface area contributed by atoms with Gasteiger partial charge in [0.15, 0.2) is 0 Å². The molecule has 0 aromatic rings. The van der Waals surface area contributed by atoms with Crippen LogP contribution in [0.4, 0.5) is 0 Å². The maximum atomic E-state index is 9.90. The topological polar surface area (TPSA) is 46.2 Å². The van der Waals surface area contributed by atoms with Gasteiger partial charge in [0, 0.05) is 12.0 Å². The molecule has 0 aliphatic heterocycles. The first-order valence-corrected chi connectivity index (χ1v) is 4.30. The van der Waals surface area contributed by atoms with Crippen molar-refractivity contribution >= 4 is 0 Å². The van der Waals surface area contributed by atoms with E-state index in [-0.39, 0.29) is 16.9 Å². The third-order valence-corrected chi connectivity index (χ3v) is 2.70. The van der Waals surface area contributed by atoms with Gasteiger partial charge in [0.05, 0.1) is 6.10 Å². The lowest BCUT2D eigenvalue weighted by Crippen LogP contribution is -2.39. The highest BCUT2D eigenvalue weighted by Crippen LogP contribution is 2.52. The van der Waals surface area contributed by atoms with Crippen LogP contribution in [0.3, 0.4) is 0 Å². The zero-order valence-electron chi connectivity index (χ0n) is 7.72. The van der Waals surface area contributed by atoms with Crippen molar-refractivity contribution in [3.63, 3.8) is 0 Å². The van der Waals surface area contributed by atoms with Crippen molar-refractivity contribution in [2.75, 3.05) is 6.54 Å². The van der Waals surface area contributed by atoms with Crippen molar-refractivity contribution < 1.29 is 5.11 Å². The smallest absolute Gasteiger partial charge is 0.0656 e. The predicted octanol–water partition coefficient (Wildman–Crippen LogP) is 1.13. The van der Waals surface area contributed by atoms with Gasteiger partial charge in [0.2, 0.25) is 0 Å². The van der Waals surface area contributed by atoms with E-state index in [1.165, 1.54) is 0 Å². The Morgan fingerprint density at radius 2 is 1.91 bits per heavy atom. The van der Waals surface area contributed by atoms with Gasteiger partial charge in [-0.3, -0.25) is 0 Å². The Bertz CT molecular complexity index is 144. The first-order chi connectivity index (χ1) is 4.92. The van der Waals surface area contributed by atoms with Crippen LogP contribution in [0.2, 0.25) is 0 Å². The van der Waals surface area contributed by atoms with Gasteiger partial charge in [-0.25, -0.2) is 0 Å². The number of aliphatic hydroxyl groups is 1. The molecule has 2 nitrogen and oxygen atoms in total. The van der Waals surface area contributed by atoms with Crippen LogP contribution >= 0.6 is 0 Å². The highest BCUT2D eigenvalue weighted by atomic mass is 16.3. The van der Waals surface area contributed by atoms with Crippen molar-refractivity contribution in [2.24, 2.45) is 16.6 Å². The second kappa shape index (κ2) is 2.46. The van der Waals surface area contributed by atoms with E-state index in [1.807, 2.05) is 0 Å². The first kappa shape index (κ1) is 9.01. The summed E-state index contributed by atoms with van der Waals surface area (Å²) in [5.41, 5.74) is 5.66. The molecule has 66 valence electrons. The van der Waals surface area contributed by atoms with E-state index in [0.29, 0.717) is 6.54 Å². The average molecular weight is 157 g/mol. The van der Waals surface area contributed by atoms with E-state index in [0.717, 1.165) is 12.8 Å². The summed E-state index contributed by atoms with van der Waals surface area (Å²) >= 11 is 0. The van der Waals surface area contributed by atoms with Gasteiger partial charge in [0.1, 0.15) is 0 Å². The lowest BCUT2D eigenvalue weighted by molar-refractivity contribution is 0.00274. The first-order valence-electron chi connectivity index (χ1n) is 4.30. The second-order valence-corrected chi connectivity index (χ2v) is 4.84. The lowest BCUT2D eigenvalue weighted by atomic mass is 9.79. The zero-order chi connectivity index (χ0) is 8.70. The summed E-state index contributed by atoms with van der Waals surface area (Å²) in [5, 5.41) is 9.90. The molecule has 0 aromatic heterocycles. The third-order valence-electron chi connectivity index (χ3n) is 2.70. The lowest BCUT2D eigenvalue weighted by Gasteiger charge is -2.32. The van der Waals surface area contributed by atoms with Crippen LogP contribution in [0.1, 0.15) is 33.6 Å². The normalized spacial score (nSPS) is 24.8. The van der Waals surface area contributed by atoms with Gasteiger partial charge in [-0.05, 0) is 18.3 Å². The zero-order valence-corrected chi connectivity index (χ0v) is 7.72. The second-order valence-electron chi connectivity index (χ2n) is 4.84. The fourth-order valence-electron chi connectivity index (χ4n) is 1.67. The van der Waals surface area contributed by atoms with Gasteiger partial charge in [-0.1, -0.05) is 20.8 Å². The minimum absolute atomic E-state index is 0.0180. The Balaban J connectivity index is 2.61. The van der Waals surface area contributed by atoms with Gasteiger partial charge in [-0.15, -0.1) is 0 Å². The molecular weight excluding hydrogens is 138 g/mol. The fourth-order valence-corrected chi connectivity index (χ4v) is 1.67. The monoisotopic (exact) mass is 157 g/mol. The van der Waals surface area contributed by atoms with Crippen LogP contribution in [0.25, 0.3) is 0 Å². The standard InChI is InChI=1S/C9H19NO/c1-8(2,3)7(11)9(6-10)4-5-9/h7,11H,4-6,10H2,1-3H3/t7-/m1/s1. The maximum Gasteiger partial charge on any atom is 0.0656 e. The summed E-state index contributed by atoms with van der Waals surface area (Å²) in [6.45, 7) is 6.82. The number of nitrogens with two attached hydrogens (primary N) is 1. The van der Waals surface area contributed by atoms with Crippen LogP contribution in [0, 0.1) is 10.8 Å². The molecule has 0 heterocycles. The number of aliphatic hydroxyl groups excluding tert-OH is 1.